The van der Waals surface area contributed by atoms with E-state index in [1.54, 1.807) is 0 Å². The number of methoxy groups -OCH3 is 1. The van der Waals surface area contributed by atoms with Crippen LogP contribution in [0.2, 0.25) is 25.7 Å². The SMILES string of the molecule is COC(=O)c1cc([N+](=O)[O-])nn1COCC[Si](C)(C)C. The maximum Gasteiger partial charge on any atom is 0.390 e. The number of carbonyl (C=O) groups excluding carboxylic acids is 1. The molecule has 20 heavy (non-hydrogen) atoms. The molecule has 0 aromatic carbocycles. The van der Waals surface area contributed by atoms with Crippen LogP contribution < -0.4 is 0 Å². The van der Waals surface area contributed by atoms with E-state index in [9.17, 15) is 14.9 Å². The van der Waals surface area contributed by atoms with Gasteiger partial charge in [-0.3, -0.25) is 0 Å². The standard InChI is InChI=1S/C11H19N3O5Si/c1-18-11(15)9-7-10(14(16)17)12-13(9)8-19-5-6-20(2,3)4/h7H,5-6,8H2,1-4H3. The van der Waals surface area contributed by atoms with Crippen molar-refractivity contribution in [3.8, 4) is 0 Å². The molecule has 0 aliphatic heterocycles. The molecule has 0 radical (unpaired) electrons. The minimum atomic E-state index is -1.20. The molecule has 8 nitrogen and oxygen atoms in total. The summed E-state index contributed by atoms with van der Waals surface area (Å²) in [5.41, 5.74) is 0.00667. The van der Waals surface area contributed by atoms with Crippen LogP contribution in [0.3, 0.4) is 0 Å². The van der Waals surface area contributed by atoms with Gasteiger partial charge in [0.2, 0.25) is 0 Å². The van der Waals surface area contributed by atoms with E-state index in [2.05, 4.69) is 29.5 Å². The lowest BCUT2D eigenvalue weighted by molar-refractivity contribution is -0.389. The number of nitrogens with zero attached hydrogens (tertiary/aromatic N) is 3. The molecule has 0 amide bonds. The molecule has 1 aromatic rings. The van der Waals surface area contributed by atoms with E-state index < -0.39 is 24.8 Å². The number of hydrogen-bond acceptors (Lipinski definition) is 6. The molecule has 1 heterocycles. The van der Waals surface area contributed by atoms with E-state index in [0.717, 1.165) is 16.8 Å². The van der Waals surface area contributed by atoms with Crippen molar-refractivity contribution < 1.29 is 19.2 Å². The first-order chi connectivity index (χ1) is 9.24. The van der Waals surface area contributed by atoms with Crippen LogP contribution in [0.15, 0.2) is 6.07 Å². The van der Waals surface area contributed by atoms with Gasteiger partial charge in [0, 0.05) is 14.7 Å². The summed E-state index contributed by atoms with van der Waals surface area (Å²) >= 11 is 0. The Kier molecular flexibility index (Phi) is 5.40. The Morgan fingerprint density at radius 2 is 2.15 bits per heavy atom. The first kappa shape index (κ1) is 16.3. The molecule has 9 heteroatoms. The maximum atomic E-state index is 11.5. The number of ether oxygens (including phenoxy) is 2. The fourth-order valence-corrected chi connectivity index (χ4v) is 2.15. The molecule has 0 fully saturated rings. The van der Waals surface area contributed by atoms with Gasteiger partial charge in [-0.05, 0) is 11.0 Å². The summed E-state index contributed by atoms with van der Waals surface area (Å²) in [6.45, 7) is 7.17. The fourth-order valence-electron chi connectivity index (χ4n) is 1.39. The van der Waals surface area contributed by atoms with Crippen LogP contribution >= 0.6 is 0 Å². The number of rotatable bonds is 7. The van der Waals surface area contributed by atoms with Crippen molar-refractivity contribution in [3.05, 3.63) is 21.9 Å². The van der Waals surface area contributed by atoms with Crippen molar-refractivity contribution in [1.29, 1.82) is 0 Å². The maximum absolute atomic E-state index is 11.5. The van der Waals surface area contributed by atoms with E-state index in [1.165, 1.54) is 7.11 Å². The number of esters is 1. The molecule has 0 aliphatic rings. The van der Waals surface area contributed by atoms with E-state index in [0.29, 0.717) is 6.61 Å². The third-order valence-electron chi connectivity index (χ3n) is 2.56. The summed E-state index contributed by atoms with van der Waals surface area (Å²) in [7, 11) is 0.00103. The van der Waals surface area contributed by atoms with Gasteiger partial charge < -0.3 is 19.6 Å². The van der Waals surface area contributed by atoms with Crippen molar-refractivity contribution in [2.75, 3.05) is 13.7 Å². The summed E-state index contributed by atoms with van der Waals surface area (Å²) < 4.78 is 11.1. The van der Waals surface area contributed by atoms with E-state index in [1.807, 2.05) is 0 Å². The van der Waals surface area contributed by atoms with E-state index in [4.69, 9.17) is 4.74 Å². The van der Waals surface area contributed by atoms with Crippen molar-refractivity contribution in [2.24, 2.45) is 0 Å². The lowest BCUT2D eigenvalue weighted by atomic mass is 10.4. The molecule has 0 bridgehead atoms. The van der Waals surface area contributed by atoms with Crippen LogP contribution in [0.1, 0.15) is 10.5 Å². The molecule has 0 saturated carbocycles. The van der Waals surface area contributed by atoms with Crippen LogP contribution in [0.4, 0.5) is 5.82 Å². The summed E-state index contributed by atoms with van der Waals surface area (Å²) in [6.07, 6.45) is 0. The van der Waals surface area contributed by atoms with Crippen LogP contribution in [0, 0.1) is 10.1 Å². The largest absolute Gasteiger partial charge is 0.464 e. The minimum Gasteiger partial charge on any atom is -0.464 e. The van der Waals surface area contributed by atoms with Crippen LogP contribution in [0.25, 0.3) is 0 Å². The van der Waals surface area contributed by atoms with E-state index in [-0.39, 0.29) is 12.4 Å². The Labute approximate surface area is 117 Å². The highest BCUT2D eigenvalue weighted by atomic mass is 28.3. The molecule has 1 aromatic heterocycles. The number of aromatic nitrogens is 2. The summed E-state index contributed by atoms with van der Waals surface area (Å²) in [6, 6.07) is 2.04. The summed E-state index contributed by atoms with van der Waals surface area (Å²) in [5, 5.41) is 14.4. The van der Waals surface area contributed by atoms with E-state index >= 15 is 0 Å². The molecule has 112 valence electrons. The Balaban J connectivity index is 2.72. The predicted molar refractivity (Wildman–Crippen MR) is 74.3 cm³/mol. The highest BCUT2D eigenvalue weighted by Gasteiger charge is 2.24. The Hall–Kier alpha value is -1.74. The van der Waals surface area contributed by atoms with Gasteiger partial charge in [0.15, 0.2) is 12.4 Å². The van der Waals surface area contributed by atoms with Gasteiger partial charge in [-0.2, -0.15) is 0 Å². The quantitative estimate of drug-likeness (QED) is 0.251. The van der Waals surface area contributed by atoms with Crippen molar-refractivity contribution in [2.45, 2.75) is 32.4 Å². The topological polar surface area (TPSA) is 96.5 Å². The zero-order chi connectivity index (χ0) is 15.3. The molecule has 1 rings (SSSR count). The smallest absolute Gasteiger partial charge is 0.390 e. The second-order valence-corrected chi connectivity index (χ2v) is 11.1. The Morgan fingerprint density at radius 3 is 2.65 bits per heavy atom. The third-order valence-corrected chi connectivity index (χ3v) is 4.26. The predicted octanol–water partition coefficient (Wildman–Crippen LogP) is 1.89. The van der Waals surface area contributed by atoms with Gasteiger partial charge >= 0.3 is 11.8 Å². The molecule has 0 aliphatic carbocycles. The van der Waals surface area contributed by atoms with Gasteiger partial charge in [-0.1, -0.05) is 19.6 Å². The number of hydrogen-bond donors (Lipinski definition) is 0. The normalized spacial score (nSPS) is 11.4. The molecular weight excluding hydrogens is 282 g/mol. The summed E-state index contributed by atoms with van der Waals surface area (Å²) in [5.74, 6) is -1.08. The highest BCUT2D eigenvalue weighted by molar-refractivity contribution is 6.76. The second kappa shape index (κ2) is 6.62. The first-order valence-corrected chi connectivity index (χ1v) is 9.83. The molecule has 0 unspecified atom stereocenters. The number of carbonyl (C=O) groups is 1. The Bertz CT molecular complexity index is 495. The molecule has 0 spiro atoms. The lowest BCUT2D eigenvalue weighted by Crippen LogP contribution is -2.22. The Morgan fingerprint density at radius 1 is 1.50 bits per heavy atom. The van der Waals surface area contributed by atoms with Gasteiger partial charge in [-0.15, -0.1) is 4.68 Å². The zero-order valence-electron chi connectivity index (χ0n) is 12.1. The first-order valence-electron chi connectivity index (χ1n) is 6.13. The van der Waals surface area contributed by atoms with Crippen molar-refractivity contribution in [1.82, 2.24) is 9.78 Å². The third kappa shape index (κ3) is 4.74. The fraction of sp³-hybridized carbons (Fsp3) is 0.636. The summed E-state index contributed by atoms with van der Waals surface area (Å²) in [4.78, 5) is 21.5. The minimum absolute atomic E-state index is 0.00667. The van der Waals surface area contributed by atoms with Crippen LogP contribution in [0.5, 0.6) is 0 Å². The van der Waals surface area contributed by atoms with Gasteiger partial charge in [0.1, 0.15) is 0 Å². The zero-order valence-corrected chi connectivity index (χ0v) is 13.1. The second-order valence-electron chi connectivity index (χ2n) is 5.48. The van der Waals surface area contributed by atoms with Gasteiger partial charge in [-0.25, -0.2) is 4.79 Å². The van der Waals surface area contributed by atoms with Crippen LogP contribution in [-0.4, -0.2) is 42.5 Å². The average molecular weight is 301 g/mol. The molecule has 0 saturated heterocycles. The van der Waals surface area contributed by atoms with Crippen molar-refractivity contribution in [3.63, 3.8) is 0 Å². The lowest BCUT2D eigenvalue weighted by Gasteiger charge is -2.14. The molecule has 0 atom stereocenters. The molecule has 0 N–H and O–H groups in total. The van der Waals surface area contributed by atoms with Gasteiger partial charge in [0.05, 0.1) is 18.3 Å². The van der Waals surface area contributed by atoms with Crippen LogP contribution in [-0.2, 0) is 16.2 Å². The van der Waals surface area contributed by atoms with Crippen molar-refractivity contribution >= 4 is 19.9 Å². The number of nitro groups is 1. The average Bonchev–Trinajstić information content (AvgIpc) is 2.77. The molecular formula is C11H19N3O5Si. The monoisotopic (exact) mass is 301 g/mol. The van der Waals surface area contributed by atoms with Gasteiger partial charge in [0.25, 0.3) is 0 Å². The highest BCUT2D eigenvalue weighted by Crippen LogP contribution is 2.14.